The lowest BCUT2D eigenvalue weighted by Gasteiger charge is -2.29. The number of nitrogens with zero attached hydrogens (tertiary/aromatic N) is 2. The van der Waals surface area contributed by atoms with E-state index in [4.69, 9.17) is 0 Å². The molecule has 0 radical (unpaired) electrons. The minimum atomic E-state index is -0.0303. The van der Waals surface area contributed by atoms with Crippen LogP contribution in [0.1, 0.15) is 74.0 Å². The Labute approximate surface area is 158 Å². The number of anilines is 1. The van der Waals surface area contributed by atoms with Crippen LogP contribution in [0.25, 0.3) is 0 Å². The first kappa shape index (κ1) is 16.7. The van der Waals surface area contributed by atoms with Crippen molar-refractivity contribution in [3.8, 4) is 11.8 Å². The summed E-state index contributed by atoms with van der Waals surface area (Å²) in [6.45, 7) is 0. The fourth-order valence-corrected chi connectivity index (χ4v) is 5.53. The van der Waals surface area contributed by atoms with Crippen LogP contribution in [-0.2, 0) is 4.79 Å². The molecule has 3 aliphatic carbocycles. The quantitative estimate of drug-likeness (QED) is 0.764. The molecule has 2 aromatic heterocycles. The number of carbonyl (C=O) groups excluding carboxylic acids is 1. The molecule has 0 spiro atoms. The Morgan fingerprint density at radius 2 is 1.56 bits per heavy atom. The second-order valence-electron chi connectivity index (χ2n) is 8.28. The molecule has 0 aromatic carbocycles. The zero-order valence-corrected chi connectivity index (χ0v) is 15.3. The predicted molar refractivity (Wildman–Crippen MR) is 101 cm³/mol. The molecule has 2 bridgehead atoms. The molecule has 2 saturated carbocycles. The third-order valence-corrected chi connectivity index (χ3v) is 6.86. The summed E-state index contributed by atoms with van der Waals surface area (Å²) in [6, 6.07) is 3.64. The van der Waals surface area contributed by atoms with Gasteiger partial charge in [0.25, 0.3) is 0 Å². The monoisotopic (exact) mass is 367 g/mol. The first-order valence-electron chi connectivity index (χ1n) is 10.00. The average Bonchev–Trinajstić information content (AvgIpc) is 3.37. The highest BCUT2D eigenvalue weighted by Gasteiger charge is 2.45. The van der Waals surface area contributed by atoms with E-state index >= 15 is 0 Å². The van der Waals surface area contributed by atoms with E-state index in [9.17, 15) is 15.0 Å². The third-order valence-electron chi connectivity index (χ3n) is 6.86. The van der Waals surface area contributed by atoms with Gasteiger partial charge in [0, 0.05) is 41.2 Å². The molecule has 0 aliphatic heterocycles. The van der Waals surface area contributed by atoms with Crippen LogP contribution in [0.15, 0.2) is 24.5 Å². The van der Waals surface area contributed by atoms with Crippen LogP contribution in [0.5, 0.6) is 11.8 Å². The Morgan fingerprint density at radius 3 is 2.15 bits per heavy atom. The van der Waals surface area contributed by atoms with Crippen LogP contribution in [0.2, 0.25) is 0 Å². The van der Waals surface area contributed by atoms with E-state index in [1.165, 1.54) is 0 Å². The topological polar surface area (TPSA) is 87.4 Å². The summed E-state index contributed by atoms with van der Waals surface area (Å²) in [5.41, 5.74) is 2.77. The average molecular weight is 367 g/mol. The Balaban J connectivity index is 1.28. The van der Waals surface area contributed by atoms with Gasteiger partial charge in [-0.15, -0.1) is 0 Å². The second kappa shape index (κ2) is 6.29. The molecule has 1 amide bonds. The maximum atomic E-state index is 12.5. The summed E-state index contributed by atoms with van der Waals surface area (Å²) < 4.78 is 1.76. The van der Waals surface area contributed by atoms with Crippen LogP contribution >= 0.6 is 0 Å². The molecule has 2 atom stereocenters. The molecule has 0 unspecified atom stereocenters. The summed E-state index contributed by atoms with van der Waals surface area (Å²) in [7, 11) is 0. The maximum absolute atomic E-state index is 12.5. The minimum absolute atomic E-state index is 0.0303. The van der Waals surface area contributed by atoms with Gasteiger partial charge in [-0.2, -0.15) is 0 Å². The summed E-state index contributed by atoms with van der Waals surface area (Å²) in [5.74, 6) is 1.40. The highest BCUT2D eigenvalue weighted by molar-refractivity contribution is 5.92. The number of rotatable bonds is 3. The Kier molecular flexibility index (Phi) is 3.88. The SMILES string of the molecule is O=C(Nc1ccncc1)C1CCC(n2c(O)c3c(c2O)[C@H]2CC[C@@H]3C2)CC1. The van der Waals surface area contributed by atoms with E-state index in [1.807, 2.05) is 0 Å². The van der Waals surface area contributed by atoms with Crippen molar-refractivity contribution in [1.29, 1.82) is 0 Å². The number of carbonyl (C=O) groups is 1. The molecule has 3 N–H and O–H groups in total. The van der Waals surface area contributed by atoms with Gasteiger partial charge in [0.05, 0.1) is 0 Å². The zero-order valence-electron chi connectivity index (χ0n) is 15.3. The zero-order chi connectivity index (χ0) is 18.5. The number of amides is 1. The van der Waals surface area contributed by atoms with Crippen LogP contribution in [0.4, 0.5) is 5.69 Å². The van der Waals surface area contributed by atoms with Crippen molar-refractivity contribution in [3.63, 3.8) is 0 Å². The van der Waals surface area contributed by atoms with E-state index in [1.54, 1.807) is 29.1 Å². The number of hydrogen-bond acceptors (Lipinski definition) is 4. The van der Waals surface area contributed by atoms with Gasteiger partial charge < -0.3 is 15.5 Å². The molecular formula is C21H25N3O3. The molecule has 6 nitrogen and oxygen atoms in total. The lowest BCUT2D eigenvalue weighted by Crippen LogP contribution is -2.28. The van der Waals surface area contributed by atoms with Crippen LogP contribution in [0.3, 0.4) is 0 Å². The number of hydrogen-bond donors (Lipinski definition) is 3. The Bertz CT molecular complexity index is 835. The van der Waals surface area contributed by atoms with Gasteiger partial charge in [-0.3, -0.25) is 14.3 Å². The lowest BCUT2D eigenvalue weighted by atomic mass is 9.85. The first-order chi connectivity index (χ1) is 13.1. The number of aromatic hydroxyl groups is 2. The van der Waals surface area contributed by atoms with E-state index in [0.29, 0.717) is 11.8 Å². The molecule has 2 fully saturated rings. The lowest BCUT2D eigenvalue weighted by molar-refractivity contribution is -0.121. The Hall–Kier alpha value is -2.50. The van der Waals surface area contributed by atoms with Gasteiger partial charge in [-0.25, -0.2) is 0 Å². The number of fused-ring (bicyclic) bond motifs is 5. The maximum Gasteiger partial charge on any atom is 0.227 e. The van der Waals surface area contributed by atoms with Crippen molar-refractivity contribution in [2.45, 2.75) is 62.8 Å². The first-order valence-corrected chi connectivity index (χ1v) is 10.00. The Morgan fingerprint density at radius 1 is 0.963 bits per heavy atom. The standard InChI is InChI=1S/C21H25N3O3/c25-19(23-15-7-9-22-10-8-15)12-3-5-16(6-4-12)24-20(26)17-13-1-2-14(11-13)18(17)21(24)27/h7-10,12-14,16,26-27H,1-6,11H2,(H,22,23,25)/t12?,13-,14+,16?. The predicted octanol–water partition coefficient (Wildman–Crippen LogP) is 4.03. The largest absolute Gasteiger partial charge is 0.494 e. The van der Waals surface area contributed by atoms with Crippen LogP contribution in [-0.4, -0.2) is 25.7 Å². The number of aromatic nitrogens is 2. The smallest absolute Gasteiger partial charge is 0.227 e. The van der Waals surface area contributed by atoms with Crippen molar-refractivity contribution in [2.75, 3.05) is 5.32 Å². The van der Waals surface area contributed by atoms with Crippen molar-refractivity contribution < 1.29 is 15.0 Å². The molecule has 27 heavy (non-hydrogen) atoms. The van der Waals surface area contributed by atoms with E-state index in [2.05, 4.69) is 10.3 Å². The summed E-state index contributed by atoms with van der Waals surface area (Å²) in [6.07, 6.45) is 9.75. The van der Waals surface area contributed by atoms with Gasteiger partial charge in [0.15, 0.2) is 11.8 Å². The number of nitrogens with one attached hydrogen (secondary N) is 1. The molecule has 142 valence electrons. The van der Waals surface area contributed by atoms with E-state index in [-0.39, 0.29) is 29.6 Å². The highest BCUT2D eigenvalue weighted by atomic mass is 16.3. The van der Waals surface area contributed by atoms with Crippen LogP contribution in [0, 0.1) is 5.92 Å². The second-order valence-corrected chi connectivity index (χ2v) is 8.28. The molecule has 2 heterocycles. The normalized spacial score (nSPS) is 28.9. The molecule has 5 rings (SSSR count). The van der Waals surface area contributed by atoms with Gasteiger partial charge in [-0.1, -0.05) is 0 Å². The fraction of sp³-hybridized carbons (Fsp3) is 0.524. The van der Waals surface area contributed by atoms with Gasteiger partial charge in [0.2, 0.25) is 5.91 Å². The molecule has 2 aromatic rings. The van der Waals surface area contributed by atoms with Crippen molar-refractivity contribution in [3.05, 3.63) is 35.7 Å². The third kappa shape index (κ3) is 2.61. The molecule has 3 aliphatic rings. The summed E-state index contributed by atoms with van der Waals surface area (Å²) in [5, 5.41) is 24.5. The molecule has 6 heteroatoms. The van der Waals surface area contributed by atoms with Gasteiger partial charge in [-0.05, 0) is 68.9 Å². The van der Waals surface area contributed by atoms with Gasteiger partial charge in [0.1, 0.15) is 0 Å². The molecular weight excluding hydrogens is 342 g/mol. The van der Waals surface area contributed by atoms with E-state index < -0.39 is 0 Å². The summed E-state index contributed by atoms with van der Waals surface area (Å²) in [4.78, 5) is 16.5. The highest BCUT2D eigenvalue weighted by Crippen LogP contribution is 2.60. The van der Waals surface area contributed by atoms with E-state index in [0.717, 1.165) is 61.8 Å². The van der Waals surface area contributed by atoms with Crippen molar-refractivity contribution >= 4 is 11.6 Å². The van der Waals surface area contributed by atoms with Crippen molar-refractivity contribution in [1.82, 2.24) is 9.55 Å². The van der Waals surface area contributed by atoms with Crippen molar-refractivity contribution in [2.24, 2.45) is 5.92 Å². The van der Waals surface area contributed by atoms with Crippen LogP contribution < -0.4 is 5.32 Å². The minimum Gasteiger partial charge on any atom is -0.494 e. The summed E-state index contributed by atoms with van der Waals surface area (Å²) >= 11 is 0. The van der Waals surface area contributed by atoms with Gasteiger partial charge >= 0.3 is 0 Å². The molecule has 0 saturated heterocycles. The fourth-order valence-electron chi connectivity index (χ4n) is 5.53. The number of pyridine rings is 1.